The van der Waals surface area contributed by atoms with Crippen molar-refractivity contribution in [2.45, 2.75) is 17.9 Å². The number of Topliss-reactive ketones (excluding diaryl/α,β-unsaturated/α-hetero) is 1. The summed E-state index contributed by atoms with van der Waals surface area (Å²) in [5.41, 5.74) is 0.796. The molecule has 2 aromatic rings. The fourth-order valence-electron chi connectivity index (χ4n) is 1.54. The monoisotopic (exact) mass is 258 g/mol. The van der Waals surface area contributed by atoms with E-state index in [-0.39, 0.29) is 5.78 Å². The molecule has 0 fully saturated rings. The lowest BCUT2D eigenvalue weighted by atomic mass is 10.1. The van der Waals surface area contributed by atoms with Gasteiger partial charge in [0.05, 0.1) is 5.03 Å². The van der Waals surface area contributed by atoms with Crippen LogP contribution >= 0.6 is 11.8 Å². The van der Waals surface area contributed by atoms with Crippen molar-refractivity contribution < 1.29 is 4.79 Å². The highest BCUT2D eigenvalue weighted by atomic mass is 32.2. The molecule has 0 amide bonds. The van der Waals surface area contributed by atoms with Gasteiger partial charge in [-0.05, 0) is 18.2 Å². The van der Waals surface area contributed by atoms with Crippen LogP contribution in [0.15, 0.2) is 53.9 Å². The van der Waals surface area contributed by atoms with Crippen LogP contribution in [0, 0.1) is 0 Å². The van der Waals surface area contributed by atoms with Crippen LogP contribution in [0.1, 0.15) is 23.2 Å². The van der Waals surface area contributed by atoms with Crippen molar-refractivity contribution in [3.05, 3.63) is 54.5 Å². The number of hydrogen-bond donors (Lipinski definition) is 0. The minimum atomic E-state index is 0.207. The van der Waals surface area contributed by atoms with Crippen LogP contribution in [0.25, 0.3) is 0 Å². The van der Waals surface area contributed by atoms with Gasteiger partial charge in [0.1, 0.15) is 6.33 Å². The molecule has 1 aromatic heterocycles. The number of carbonyl (C=O) groups is 1. The first-order valence-corrected chi connectivity index (χ1v) is 6.82. The van der Waals surface area contributed by atoms with Gasteiger partial charge >= 0.3 is 0 Å². The standard InChI is InChI=1S/C14H14N2OS/c17-13(12-5-2-1-3-6-12)7-4-10-18-14-8-9-15-11-16-14/h1-3,5-6,8-9,11H,4,7,10H2. The first-order valence-electron chi connectivity index (χ1n) is 5.83. The van der Waals surface area contributed by atoms with Gasteiger partial charge in [-0.15, -0.1) is 11.8 Å². The zero-order chi connectivity index (χ0) is 12.6. The fraction of sp³-hybridized carbons (Fsp3) is 0.214. The molecule has 0 aliphatic rings. The van der Waals surface area contributed by atoms with Crippen LogP contribution in [0.3, 0.4) is 0 Å². The molecule has 0 N–H and O–H groups in total. The third kappa shape index (κ3) is 3.96. The summed E-state index contributed by atoms with van der Waals surface area (Å²) < 4.78 is 0. The highest BCUT2D eigenvalue weighted by molar-refractivity contribution is 7.99. The molecule has 0 radical (unpaired) electrons. The number of thioether (sulfide) groups is 1. The Labute approximate surface area is 111 Å². The van der Waals surface area contributed by atoms with Crippen molar-refractivity contribution in [3.63, 3.8) is 0 Å². The van der Waals surface area contributed by atoms with Crippen LogP contribution in [0.5, 0.6) is 0 Å². The molecule has 18 heavy (non-hydrogen) atoms. The Bertz CT molecular complexity index is 488. The Morgan fingerprint density at radius 3 is 2.72 bits per heavy atom. The summed E-state index contributed by atoms with van der Waals surface area (Å²) in [6, 6.07) is 11.3. The average Bonchev–Trinajstić information content (AvgIpc) is 2.45. The number of hydrogen-bond acceptors (Lipinski definition) is 4. The lowest BCUT2D eigenvalue weighted by molar-refractivity contribution is 0.0982. The molecular weight excluding hydrogens is 244 g/mol. The number of carbonyl (C=O) groups excluding carboxylic acids is 1. The predicted octanol–water partition coefficient (Wildman–Crippen LogP) is 3.23. The molecule has 0 saturated carbocycles. The van der Waals surface area contributed by atoms with E-state index in [1.54, 1.807) is 18.0 Å². The molecule has 0 spiro atoms. The van der Waals surface area contributed by atoms with Crippen molar-refractivity contribution >= 4 is 17.5 Å². The smallest absolute Gasteiger partial charge is 0.162 e. The third-order valence-electron chi connectivity index (χ3n) is 2.45. The second-order valence-electron chi connectivity index (χ2n) is 3.79. The summed E-state index contributed by atoms with van der Waals surface area (Å²) in [5, 5.41) is 0.956. The highest BCUT2D eigenvalue weighted by Crippen LogP contribution is 2.16. The van der Waals surface area contributed by atoms with Crippen LogP contribution < -0.4 is 0 Å². The Kier molecular flexibility index (Phi) is 4.90. The molecule has 0 bridgehead atoms. The molecular formula is C14H14N2OS. The van der Waals surface area contributed by atoms with E-state index in [4.69, 9.17) is 0 Å². The maximum atomic E-state index is 11.8. The maximum Gasteiger partial charge on any atom is 0.162 e. The number of rotatable bonds is 6. The van der Waals surface area contributed by atoms with E-state index >= 15 is 0 Å². The second kappa shape index (κ2) is 6.91. The Hall–Kier alpha value is -1.68. The summed E-state index contributed by atoms with van der Waals surface area (Å²) in [6.45, 7) is 0. The van der Waals surface area contributed by atoms with Gasteiger partial charge in [0.2, 0.25) is 0 Å². The third-order valence-corrected chi connectivity index (χ3v) is 3.48. The quantitative estimate of drug-likeness (QED) is 0.345. The zero-order valence-electron chi connectivity index (χ0n) is 9.95. The summed E-state index contributed by atoms with van der Waals surface area (Å²) >= 11 is 1.65. The summed E-state index contributed by atoms with van der Waals surface area (Å²) in [7, 11) is 0. The molecule has 1 heterocycles. The number of aromatic nitrogens is 2. The first-order chi connectivity index (χ1) is 8.86. The number of benzene rings is 1. The van der Waals surface area contributed by atoms with Gasteiger partial charge in [0.15, 0.2) is 5.78 Å². The van der Waals surface area contributed by atoms with Gasteiger partial charge in [0, 0.05) is 18.2 Å². The van der Waals surface area contributed by atoms with Gasteiger partial charge in [-0.3, -0.25) is 4.79 Å². The molecule has 2 rings (SSSR count). The first kappa shape index (κ1) is 12.8. The van der Waals surface area contributed by atoms with Gasteiger partial charge in [-0.1, -0.05) is 30.3 Å². The Balaban J connectivity index is 1.72. The zero-order valence-corrected chi connectivity index (χ0v) is 10.8. The summed E-state index contributed by atoms with van der Waals surface area (Å²) in [4.78, 5) is 19.8. The van der Waals surface area contributed by atoms with E-state index in [0.29, 0.717) is 6.42 Å². The van der Waals surface area contributed by atoms with E-state index in [1.165, 1.54) is 6.33 Å². The van der Waals surface area contributed by atoms with E-state index < -0.39 is 0 Å². The van der Waals surface area contributed by atoms with Gasteiger partial charge in [-0.2, -0.15) is 0 Å². The highest BCUT2D eigenvalue weighted by Gasteiger charge is 2.04. The lowest BCUT2D eigenvalue weighted by Gasteiger charge is -2.01. The minimum Gasteiger partial charge on any atom is -0.294 e. The van der Waals surface area contributed by atoms with Crippen molar-refractivity contribution in [2.24, 2.45) is 0 Å². The van der Waals surface area contributed by atoms with Gasteiger partial charge < -0.3 is 0 Å². The normalized spacial score (nSPS) is 10.2. The summed E-state index contributed by atoms with van der Waals surface area (Å²) in [5.74, 6) is 1.11. The lowest BCUT2D eigenvalue weighted by Crippen LogP contribution is -1.99. The van der Waals surface area contributed by atoms with Crippen molar-refractivity contribution in [3.8, 4) is 0 Å². The molecule has 3 nitrogen and oxygen atoms in total. The van der Waals surface area contributed by atoms with Crippen LogP contribution in [0.2, 0.25) is 0 Å². The summed E-state index contributed by atoms with van der Waals surface area (Å²) in [6.07, 6.45) is 4.71. The molecule has 92 valence electrons. The molecule has 0 aliphatic heterocycles. The maximum absolute atomic E-state index is 11.8. The number of nitrogens with zero attached hydrogens (tertiary/aromatic N) is 2. The fourth-order valence-corrected chi connectivity index (χ4v) is 2.32. The topological polar surface area (TPSA) is 42.9 Å². The van der Waals surface area contributed by atoms with Crippen LogP contribution in [-0.4, -0.2) is 21.5 Å². The second-order valence-corrected chi connectivity index (χ2v) is 4.90. The van der Waals surface area contributed by atoms with Crippen LogP contribution in [0.4, 0.5) is 0 Å². The van der Waals surface area contributed by atoms with E-state index in [9.17, 15) is 4.79 Å². The molecule has 0 atom stereocenters. The Morgan fingerprint density at radius 1 is 1.17 bits per heavy atom. The van der Waals surface area contributed by atoms with Crippen LogP contribution in [-0.2, 0) is 0 Å². The van der Waals surface area contributed by atoms with E-state index in [1.807, 2.05) is 36.4 Å². The largest absolute Gasteiger partial charge is 0.294 e. The van der Waals surface area contributed by atoms with Crippen molar-refractivity contribution in [1.82, 2.24) is 9.97 Å². The molecule has 4 heteroatoms. The predicted molar refractivity (Wildman–Crippen MR) is 72.8 cm³/mol. The molecule has 1 aromatic carbocycles. The minimum absolute atomic E-state index is 0.207. The Morgan fingerprint density at radius 2 is 2.00 bits per heavy atom. The molecule has 0 unspecified atom stereocenters. The number of ketones is 1. The van der Waals surface area contributed by atoms with Crippen molar-refractivity contribution in [1.29, 1.82) is 0 Å². The van der Waals surface area contributed by atoms with E-state index in [2.05, 4.69) is 9.97 Å². The molecule has 0 aliphatic carbocycles. The van der Waals surface area contributed by atoms with Gasteiger partial charge in [-0.25, -0.2) is 9.97 Å². The van der Waals surface area contributed by atoms with Crippen molar-refractivity contribution in [2.75, 3.05) is 5.75 Å². The van der Waals surface area contributed by atoms with Gasteiger partial charge in [0.25, 0.3) is 0 Å². The van der Waals surface area contributed by atoms with E-state index in [0.717, 1.165) is 22.8 Å². The SMILES string of the molecule is O=C(CCCSc1ccncn1)c1ccccc1. The average molecular weight is 258 g/mol. The molecule has 0 saturated heterocycles.